The molecule has 0 aromatic rings. The van der Waals surface area contributed by atoms with E-state index in [1.807, 2.05) is 0 Å². The monoisotopic (exact) mass is 810 g/mol. The standard InChI is InChI=1S/C54H99NO3/c1-9-10-11-12-13-14-15-16-17-18-19-20-21-22-23-24-38-56-42-47(55(7)8)43-57-39-25-26-40-58-48-34-36-53(5)46(41-48)30-31-49-51-33-32-50(45(4)29-27-28-44(2)3)54(51,6)37-35-52(49)53/h16-17,30,44-45,47-52H,9-15,18-29,31-43H2,1-8H3/b17-16-/t45-,47-,48+,49+,50-,51?,52?,53+,54-/m1/s1. The van der Waals surface area contributed by atoms with Crippen LogP contribution >= 0.6 is 0 Å². The van der Waals surface area contributed by atoms with Gasteiger partial charge in [0.15, 0.2) is 0 Å². The Hall–Kier alpha value is -0.680. The molecule has 0 saturated heterocycles. The van der Waals surface area contributed by atoms with Crippen LogP contribution in [0.1, 0.15) is 215 Å². The van der Waals surface area contributed by atoms with Gasteiger partial charge in [-0.2, -0.15) is 0 Å². The van der Waals surface area contributed by atoms with Crippen molar-refractivity contribution in [3.05, 3.63) is 23.8 Å². The van der Waals surface area contributed by atoms with Crippen LogP contribution in [0.2, 0.25) is 0 Å². The first-order valence-electron chi connectivity index (χ1n) is 25.9. The summed E-state index contributed by atoms with van der Waals surface area (Å²) in [5, 5.41) is 0. The Bertz CT molecular complexity index is 1130. The van der Waals surface area contributed by atoms with Crippen molar-refractivity contribution in [3.63, 3.8) is 0 Å². The van der Waals surface area contributed by atoms with Gasteiger partial charge < -0.3 is 19.1 Å². The smallest absolute Gasteiger partial charge is 0.0644 e. The second-order valence-electron chi connectivity index (χ2n) is 21.4. The van der Waals surface area contributed by atoms with Crippen LogP contribution in [0.15, 0.2) is 23.8 Å². The highest BCUT2D eigenvalue weighted by atomic mass is 16.5. The molecule has 0 N–H and O–H groups in total. The lowest BCUT2D eigenvalue weighted by atomic mass is 9.47. The molecule has 0 aromatic heterocycles. The van der Waals surface area contributed by atoms with Crippen molar-refractivity contribution in [2.24, 2.45) is 46.3 Å². The molecule has 338 valence electrons. The Morgan fingerprint density at radius 2 is 1.31 bits per heavy atom. The Labute approximate surface area is 362 Å². The number of likely N-dealkylation sites (N-methyl/N-ethyl adjacent to an activating group) is 1. The Kier molecular flexibility index (Phi) is 23.6. The maximum Gasteiger partial charge on any atom is 0.0644 e. The fourth-order valence-electron chi connectivity index (χ4n) is 12.6. The molecule has 0 amide bonds. The molecule has 4 heteroatoms. The van der Waals surface area contributed by atoms with E-state index in [4.69, 9.17) is 14.2 Å². The molecule has 4 aliphatic rings. The summed E-state index contributed by atoms with van der Waals surface area (Å²) < 4.78 is 18.8. The van der Waals surface area contributed by atoms with E-state index in [0.717, 1.165) is 81.4 Å². The third-order valence-corrected chi connectivity index (χ3v) is 16.4. The van der Waals surface area contributed by atoms with Gasteiger partial charge in [-0.15, -0.1) is 0 Å². The van der Waals surface area contributed by atoms with Crippen molar-refractivity contribution >= 4 is 0 Å². The van der Waals surface area contributed by atoms with Gasteiger partial charge in [0, 0.05) is 19.8 Å². The zero-order chi connectivity index (χ0) is 41.6. The van der Waals surface area contributed by atoms with Crippen LogP contribution in [-0.4, -0.2) is 64.2 Å². The lowest BCUT2D eigenvalue weighted by molar-refractivity contribution is -0.0643. The van der Waals surface area contributed by atoms with E-state index in [2.05, 4.69) is 78.8 Å². The van der Waals surface area contributed by atoms with Crippen LogP contribution in [0, 0.1) is 46.3 Å². The van der Waals surface area contributed by atoms with Gasteiger partial charge in [-0.3, -0.25) is 0 Å². The number of ether oxygens (including phenoxy) is 3. The fraction of sp³-hybridized carbons (Fsp3) is 0.926. The van der Waals surface area contributed by atoms with Crippen molar-refractivity contribution < 1.29 is 14.2 Å². The molecule has 0 heterocycles. The highest BCUT2D eigenvalue weighted by Crippen LogP contribution is 2.67. The first-order valence-corrected chi connectivity index (χ1v) is 25.9. The van der Waals surface area contributed by atoms with Gasteiger partial charge in [-0.25, -0.2) is 0 Å². The van der Waals surface area contributed by atoms with Crippen LogP contribution in [0.3, 0.4) is 0 Å². The summed E-state index contributed by atoms with van der Waals surface area (Å²) in [7, 11) is 4.30. The minimum absolute atomic E-state index is 0.321. The summed E-state index contributed by atoms with van der Waals surface area (Å²) >= 11 is 0. The highest BCUT2D eigenvalue weighted by Gasteiger charge is 2.59. The summed E-state index contributed by atoms with van der Waals surface area (Å²) in [6.07, 6.45) is 44.3. The molecular weight excluding hydrogens is 711 g/mol. The number of fused-ring (bicyclic) bond motifs is 5. The minimum Gasteiger partial charge on any atom is -0.380 e. The van der Waals surface area contributed by atoms with Crippen LogP contribution < -0.4 is 0 Å². The molecule has 0 aromatic carbocycles. The number of hydrogen-bond acceptors (Lipinski definition) is 4. The topological polar surface area (TPSA) is 30.9 Å². The SMILES string of the molecule is CCCCCCCC/C=C\CCCCCCCCOC[C@H](COCCCCO[C@H]1CC[C@@]2(C)C(=CC[C@@H]3C2CC[C@@]2(C)C3CC[C@@H]2[C@H](C)CCCC(C)C)C1)N(C)C. The number of unbranched alkanes of at least 4 members (excludes halogenated alkanes) is 13. The second kappa shape index (κ2) is 27.4. The maximum absolute atomic E-state index is 6.57. The zero-order valence-electron chi connectivity index (χ0n) is 40.2. The summed E-state index contributed by atoms with van der Waals surface area (Å²) in [5.74, 6) is 5.45. The van der Waals surface area contributed by atoms with Gasteiger partial charge in [0.1, 0.15) is 0 Å². The lowest BCUT2D eigenvalue weighted by Gasteiger charge is -2.58. The maximum atomic E-state index is 6.57. The number of rotatable bonds is 32. The third kappa shape index (κ3) is 15.9. The Morgan fingerprint density at radius 1 is 0.690 bits per heavy atom. The first-order chi connectivity index (χ1) is 28.1. The minimum atomic E-state index is 0.321. The van der Waals surface area contributed by atoms with Crippen molar-refractivity contribution in [1.82, 2.24) is 4.90 Å². The molecule has 0 spiro atoms. The Balaban J connectivity index is 1.00. The third-order valence-electron chi connectivity index (χ3n) is 16.4. The molecule has 0 aliphatic heterocycles. The van der Waals surface area contributed by atoms with Gasteiger partial charge in [0.25, 0.3) is 0 Å². The van der Waals surface area contributed by atoms with Crippen LogP contribution in [0.4, 0.5) is 0 Å². The molecule has 9 atom stereocenters. The van der Waals surface area contributed by atoms with Gasteiger partial charge in [0.2, 0.25) is 0 Å². The normalized spacial score (nSPS) is 29.5. The van der Waals surface area contributed by atoms with Gasteiger partial charge >= 0.3 is 0 Å². The van der Waals surface area contributed by atoms with Crippen LogP contribution in [0.5, 0.6) is 0 Å². The molecule has 0 bridgehead atoms. The molecule has 3 saturated carbocycles. The van der Waals surface area contributed by atoms with Gasteiger partial charge in [-0.05, 0) is 157 Å². The predicted octanol–water partition coefficient (Wildman–Crippen LogP) is 15.2. The number of hydrogen-bond donors (Lipinski definition) is 0. The van der Waals surface area contributed by atoms with Crippen LogP contribution in [-0.2, 0) is 14.2 Å². The molecule has 58 heavy (non-hydrogen) atoms. The summed E-state index contributed by atoms with van der Waals surface area (Å²) in [6.45, 7) is 19.2. The van der Waals surface area contributed by atoms with E-state index < -0.39 is 0 Å². The van der Waals surface area contributed by atoms with Crippen molar-refractivity contribution in [2.75, 3.05) is 47.1 Å². The van der Waals surface area contributed by atoms with Gasteiger partial charge in [0.05, 0.1) is 25.4 Å². The average molecular weight is 810 g/mol. The summed E-state index contributed by atoms with van der Waals surface area (Å²) in [5.41, 5.74) is 2.75. The van der Waals surface area contributed by atoms with E-state index in [0.29, 0.717) is 23.0 Å². The van der Waals surface area contributed by atoms with E-state index in [1.165, 1.54) is 161 Å². The quantitative estimate of drug-likeness (QED) is 0.0500. The lowest BCUT2D eigenvalue weighted by Crippen LogP contribution is -2.51. The Morgan fingerprint density at radius 3 is 1.97 bits per heavy atom. The molecular formula is C54H99NO3. The molecule has 3 fully saturated rings. The largest absolute Gasteiger partial charge is 0.380 e. The summed E-state index contributed by atoms with van der Waals surface area (Å²) in [4.78, 5) is 2.26. The molecule has 2 unspecified atom stereocenters. The van der Waals surface area contributed by atoms with E-state index in [-0.39, 0.29) is 0 Å². The van der Waals surface area contributed by atoms with Crippen molar-refractivity contribution in [3.8, 4) is 0 Å². The molecule has 4 aliphatic carbocycles. The predicted molar refractivity (Wildman–Crippen MR) is 251 cm³/mol. The number of nitrogens with zero attached hydrogens (tertiary/aromatic N) is 1. The van der Waals surface area contributed by atoms with E-state index in [9.17, 15) is 0 Å². The van der Waals surface area contributed by atoms with Crippen LogP contribution in [0.25, 0.3) is 0 Å². The van der Waals surface area contributed by atoms with Crippen molar-refractivity contribution in [2.45, 2.75) is 227 Å². The fourth-order valence-corrected chi connectivity index (χ4v) is 12.6. The highest BCUT2D eigenvalue weighted by molar-refractivity contribution is 5.25. The average Bonchev–Trinajstić information content (AvgIpc) is 3.56. The summed E-state index contributed by atoms with van der Waals surface area (Å²) in [6, 6.07) is 0.321. The van der Waals surface area contributed by atoms with Gasteiger partial charge in [-0.1, -0.05) is 142 Å². The zero-order valence-corrected chi connectivity index (χ0v) is 40.2. The molecule has 4 rings (SSSR count). The number of allylic oxidation sites excluding steroid dienone is 3. The van der Waals surface area contributed by atoms with Crippen molar-refractivity contribution in [1.29, 1.82) is 0 Å². The van der Waals surface area contributed by atoms with E-state index >= 15 is 0 Å². The first kappa shape index (κ1) is 50.0. The second-order valence-corrected chi connectivity index (χ2v) is 21.4. The molecule has 0 radical (unpaired) electrons. The van der Waals surface area contributed by atoms with E-state index in [1.54, 1.807) is 5.57 Å². The molecule has 4 nitrogen and oxygen atoms in total.